The fourth-order valence-electron chi connectivity index (χ4n) is 10.3. The van der Waals surface area contributed by atoms with Crippen LogP contribution in [-0.2, 0) is 5.41 Å². The van der Waals surface area contributed by atoms with Gasteiger partial charge in [0.15, 0.2) is 0 Å². The Kier molecular flexibility index (Phi) is 7.43. The minimum Gasteiger partial charge on any atom is -0.311 e. The summed E-state index contributed by atoms with van der Waals surface area (Å²) in [6.45, 7) is 4.76. The first-order valence-corrected chi connectivity index (χ1v) is 20.9. The van der Waals surface area contributed by atoms with Crippen molar-refractivity contribution in [2.75, 3.05) is 4.90 Å². The van der Waals surface area contributed by atoms with Crippen molar-refractivity contribution >= 4 is 65.5 Å². The first kappa shape index (κ1) is 33.9. The summed E-state index contributed by atoms with van der Waals surface area (Å²) < 4.78 is 2.52. The molecule has 0 amide bonds. The van der Waals surface area contributed by atoms with Gasteiger partial charge in [-0.1, -0.05) is 141 Å². The fourth-order valence-corrected chi connectivity index (χ4v) is 10.3. The third kappa shape index (κ3) is 5.12. The second kappa shape index (κ2) is 12.9. The zero-order valence-corrected chi connectivity index (χ0v) is 33.3. The molecule has 0 fully saturated rings. The van der Waals surface area contributed by atoms with Crippen molar-refractivity contribution in [3.63, 3.8) is 0 Å². The van der Waals surface area contributed by atoms with Crippen LogP contribution >= 0.6 is 0 Å². The predicted octanol–water partition coefficient (Wildman–Crippen LogP) is 15.6. The lowest BCUT2D eigenvalue weighted by atomic mass is 9.82. The predicted molar refractivity (Wildman–Crippen MR) is 251 cm³/mol. The van der Waals surface area contributed by atoms with E-state index in [1.54, 1.807) is 0 Å². The van der Waals surface area contributed by atoms with Gasteiger partial charge < -0.3 is 9.47 Å². The van der Waals surface area contributed by atoms with E-state index in [1.165, 1.54) is 93.2 Å². The maximum absolute atomic E-state index is 2.52. The Balaban J connectivity index is 1.09. The summed E-state index contributed by atoms with van der Waals surface area (Å²) >= 11 is 0. The van der Waals surface area contributed by atoms with E-state index < -0.39 is 0 Å². The fraction of sp³-hybridized carbons (Fsp3) is 0.0877. The first-order valence-electron chi connectivity index (χ1n) is 20.9. The van der Waals surface area contributed by atoms with E-state index in [9.17, 15) is 0 Å². The van der Waals surface area contributed by atoms with Crippen LogP contribution in [0.2, 0.25) is 0 Å². The summed E-state index contributed by atoms with van der Waals surface area (Å²) in [5, 5.41) is 10.3. The molecule has 2 aliphatic carbocycles. The lowest BCUT2D eigenvalue weighted by molar-refractivity contribution is 0.661. The molecule has 0 radical (unpaired) electrons. The Morgan fingerprint density at radius 1 is 0.441 bits per heavy atom. The molecule has 1 heterocycles. The number of hydrogen-bond acceptors (Lipinski definition) is 1. The van der Waals surface area contributed by atoms with Crippen LogP contribution < -0.4 is 4.90 Å². The quantitative estimate of drug-likeness (QED) is 0.159. The van der Waals surface area contributed by atoms with Gasteiger partial charge in [-0.25, -0.2) is 0 Å². The van der Waals surface area contributed by atoms with Gasteiger partial charge in [-0.15, -0.1) is 0 Å². The van der Waals surface area contributed by atoms with Crippen molar-refractivity contribution in [1.82, 2.24) is 4.57 Å². The molecule has 0 saturated heterocycles. The number of aromatic nitrogens is 1. The highest BCUT2D eigenvalue weighted by atomic mass is 15.1. The molecule has 280 valence electrons. The zero-order chi connectivity index (χ0) is 39.2. The number of hydrogen-bond donors (Lipinski definition) is 0. The second-order valence-corrected chi connectivity index (χ2v) is 16.8. The molecule has 2 nitrogen and oxygen atoms in total. The van der Waals surface area contributed by atoms with Crippen molar-refractivity contribution in [2.45, 2.75) is 32.1 Å². The van der Waals surface area contributed by atoms with Crippen LogP contribution in [0.4, 0.5) is 11.4 Å². The lowest BCUT2D eigenvalue weighted by Gasteiger charge is -2.28. The molecule has 59 heavy (non-hydrogen) atoms. The lowest BCUT2D eigenvalue weighted by Crippen LogP contribution is -2.16. The minimum absolute atomic E-state index is 0.111. The summed E-state index contributed by atoms with van der Waals surface area (Å²) in [5.41, 5.74) is 14.9. The Morgan fingerprint density at radius 2 is 1.00 bits per heavy atom. The highest BCUT2D eigenvalue weighted by Crippen LogP contribution is 2.51. The zero-order valence-electron chi connectivity index (χ0n) is 33.3. The largest absolute Gasteiger partial charge is 0.311 e. The van der Waals surface area contributed by atoms with Crippen LogP contribution in [0.1, 0.15) is 37.8 Å². The Morgan fingerprint density at radius 3 is 1.68 bits per heavy atom. The summed E-state index contributed by atoms with van der Waals surface area (Å²) in [7, 11) is 0. The number of fused-ring (bicyclic) bond motifs is 12. The highest BCUT2D eigenvalue weighted by molar-refractivity contribution is 6.29. The maximum Gasteiger partial charge on any atom is 0.0547 e. The van der Waals surface area contributed by atoms with E-state index in [-0.39, 0.29) is 5.41 Å². The molecule has 0 atom stereocenters. The number of nitrogens with zero attached hydrogens (tertiary/aromatic N) is 2. The third-order valence-corrected chi connectivity index (χ3v) is 13.2. The average molecular weight is 755 g/mol. The average Bonchev–Trinajstić information content (AvgIpc) is 3.73. The molecule has 0 bridgehead atoms. The van der Waals surface area contributed by atoms with Gasteiger partial charge in [0.05, 0.1) is 11.0 Å². The molecule has 9 aromatic carbocycles. The van der Waals surface area contributed by atoms with Gasteiger partial charge in [0.2, 0.25) is 0 Å². The molecule has 10 aromatic rings. The van der Waals surface area contributed by atoms with Crippen molar-refractivity contribution in [1.29, 1.82) is 0 Å². The molecule has 0 aliphatic heterocycles. The molecule has 0 saturated carbocycles. The molecular formula is C57H42N2. The van der Waals surface area contributed by atoms with E-state index in [0.717, 1.165) is 29.9 Å². The first-order chi connectivity index (χ1) is 29.0. The van der Waals surface area contributed by atoms with Gasteiger partial charge in [-0.2, -0.15) is 0 Å². The van der Waals surface area contributed by atoms with Crippen molar-refractivity contribution in [2.24, 2.45) is 0 Å². The van der Waals surface area contributed by atoms with Gasteiger partial charge in [0.25, 0.3) is 0 Å². The van der Waals surface area contributed by atoms with E-state index in [2.05, 4.69) is 217 Å². The summed E-state index contributed by atoms with van der Waals surface area (Å²) in [5.74, 6) is 0. The number of allylic oxidation sites excluding steroid dienone is 3. The number of rotatable bonds is 5. The molecule has 0 spiro atoms. The second-order valence-electron chi connectivity index (χ2n) is 16.8. The van der Waals surface area contributed by atoms with E-state index in [1.807, 2.05) is 0 Å². The standard InChI is InChI=1S/C57H42N2/c1-57(2)53-24-14-13-23-47(53)50-34-52-51-33-48-45-21-11-9-19-43(45)44-20-10-12-22-46(44)49(48)35-55(51)59(56(52)36-54(50)57)42-31-29-41(30-32-42)58(39-17-7-4-8-18-39)40-27-25-38(26-28-40)37-15-5-3-6-16-37/h3,5-7,9-36H,4,8H2,1-2H3. The highest BCUT2D eigenvalue weighted by Gasteiger charge is 2.36. The van der Waals surface area contributed by atoms with Gasteiger partial charge in [-0.3, -0.25) is 0 Å². The van der Waals surface area contributed by atoms with Gasteiger partial charge in [0.1, 0.15) is 0 Å². The monoisotopic (exact) mass is 754 g/mol. The number of benzene rings is 9. The molecule has 0 N–H and O–H groups in total. The summed E-state index contributed by atoms with van der Waals surface area (Å²) in [6.07, 6.45) is 9.04. The molecule has 0 unspecified atom stereocenters. The van der Waals surface area contributed by atoms with Crippen LogP contribution in [0, 0.1) is 0 Å². The van der Waals surface area contributed by atoms with Crippen LogP contribution in [-0.4, -0.2) is 4.57 Å². The topological polar surface area (TPSA) is 8.17 Å². The Labute approximate surface area is 344 Å². The third-order valence-electron chi connectivity index (χ3n) is 13.2. The molecule has 2 heteroatoms. The normalized spacial score (nSPS) is 14.3. The SMILES string of the molecule is CC1(C)c2ccccc2-c2cc3c4cc5c6ccccc6c6ccccc6c5cc4n(-c4ccc(N(C5=CCCC=C5)c5ccc(-c6ccccc6)cc5)cc4)c3cc21. The van der Waals surface area contributed by atoms with E-state index in [0.29, 0.717) is 0 Å². The number of anilines is 2. The van der Waals surface area contributed by atoms with Gasteiger partial charge in [0, 0.05) is 38.9 Å². The molecule has 2 aliphatic rings. The Bertz CT molecular complexity index is 3380. The smallest absolute Gasteiger partial charge is 0.0547 e. The molecular weight excluding hydrogens is 713 g/mol. The summed E-state index contributed by atoms with van der Waals surface area (Å²) in [6, 6.07) is 65.6. The van der Waals surface area contributed by atoms with Crippen LogP contribution in [0.15, 0.2) is 200 Å². The van der Waals surface area contributed by atoms with Gasteiger partial charge >= 0.3 is 0 Å². The minimum atomic E-state index is -0.111. The van der Waals surface area contributed by atoms with Gasteiger partial charge in [-0.05, 0) is 145 Å². The van der Waals surface area contributed by atoms with E-state index in [4.69, 9.17) is 0 Å². The maximum atomic E-state index is 2.52. The van der Waals surface area contributed by atoms with E-state index >= 15 is 0 Å². The summed E-state index contributed by atoms with van der Waals surface area (Å²) in [4.78, 5) is 2.40. The van der Waals surface area contributed by atoms with Crippen molar-refractivity contribution < 1.29 is 0 Å². The van der Waals surface area contributed by atoms with Crippen LogP contribution in [0.3, 0.4) is 0 Å². The van der Waals surface area contributed by atoms with Crippen molar-refractivity contribution in [3.8, 4) is 27.9 Å². The van der Waals surface area contributed by atoms with Crippen LogP contribution in [0.5, 0.6) is 0 Å². The van der Waals surface area contributed by atoms with Crippen molar-refractivity contribution in [3.05, 3.63) is 211 Å². The molecule has 1 aromatic heterocycles. The Hall–Kier alpha value is -7.16. The molecule has 12 rings (SSSR count). The van der Waals surface area contributed by atoms with Crippen LogP contribution in [0.25, 0.3) is 82.1 Å².